The molecular weight excluding hydrogens is 388 g/mol. The number of nitrogens with zero attached hydrogens (tertiary/aromatic N) is 2. The maximum Gasteiger partial charge on any atom is 0.268 e. The second-order valence-corrected chi connectivity index (χ2v) is 9.36. The van der Waals surface area contributed by atoms with Crippen LogP contribution in [0.4, 0.5) is 0 Å². The molecule has 1 aromatic heterocycles. The van der Waals surface area contributed by atoms with Gasteiger partial charge < -0.3 is 14.4 Å². The number of rotatable bonds is 8. The number of likely N-dealkylation sites (N-methyl/N-ethyl adjacent to an activating group) is 1. The van der Waals surface area contributed by atoms with Crippen molar-refractivity contribution in [1.29, 1.82) is 0 Å². The van der Waals surface area contributed by atoms with Crippen LogP contribution in [0.2, 0.25) is 0 Å². The molecule has 0 unspecified atom stereocenters. The molecule has 0 aliphatic carbocycles. The first-order chi connectivity index (χ1) is 13.7. The van der Waals surface area contributed by atoms with Gasteiger partial charge in [0.1, 0.15) is 18.1 Å². The Morgan fingerprint density at radius 2 is 1.83 bits per heavy atom. The summed E-state index contributed by atoms with van der Waals surface area (Å²) in [6.07, 6.45) is 1.57. The van der Waals surface area contributed by atoms with Gasteiger partial charge in [-0.2, -0.15) is 0 Å². The first kappa shape index (κ1) is 21.2. The average molecular weight is 417 g/mol. The summed E-state index contributed by atoms with van der Waals surface area (Å²) in [5.41, 5.74) is 1.60. The van der Waals surface area contributed by atoms with Crippen LogP contribution in [-0.2, 0) is 10.0 Å². The standard InChI is InChI=1S/C22H28N2O4S/c1-16(2)20-8-7-19(15-22(20)28-13-12-23(3)4)29(25,26)24-11-10-17-14-18(27-5)6-9-21(17)24/h6-11,14-16H,12-13H2,1-5H3. The molecule has 156 valence electrons. The van der Waals surface area contributed by atoms with E-state index in [-0.39, 0.29) is 10.8 Å². The first-order valence-electron chi connectivity index (χ1n) is 9.56. The summed E-state index contributed by atoms with van der Waals surface area (Å²) in [5.74, 6) is 1.52. The third-order valence-corrected chi connectivity index (χ3v) is 6.51. The summed E-state index contributed by atoms with van der Waals surface area (Å²) < 4.78 is 39.2. The summed E-state index contributed by atoms with van der Waals surface area (Å²) in [7, 11) is 1.77. The van der Waals surface area contributed by atoms with Gasteiger partial charge in [0.05, 0.1) is 17.5 Å². The first-order valence-corrected chi connectivity index (χ1v) is 11.0. The van der Waals surface area contributed by atoms with Crippen molar-refractivity contribution in [3.05, 3.63) is 54.2 Å². The van der Waals surface area contributed by atoms with Gasteiger partial charge in [-0.15, -0.1) is 0 Å². The van der Waals surface area contributed by atoms with Crippen molar-refractivity contribution in [1.82, 2.24) is 8.87 Å². The molecule has 0 amide bonds. The van der Waals surface area contributed by atoms with Crippen LogP contribution >= 0.6 is 0 Å². The summed E-state index contributed by atoms with van der Waals surface area (Å²) in [5, 5.41) is 0.800. The zero-order valence-corrected chi connectivity index (χ0v) is 18.4. The fourth-order valence-electron chi connectivity index (χ4n) is 3.16. The average Bonchev–Trinajstić information content (AvgIpc) is 3.11. The quantitative estimate of drug-likeness (QED) is 0.556. The lowest BCUT2D eigenvalue weighted by atomic mass is 10.0. The number of aromatic nitrogens is 1. The van der Waals surface area contributed by atoms with E-state index in [1.807, 2.05) is 31.1 Å². The van der Waals surface area contributed by atoms with Crippen LogP contribution in [-0.4, -0.2) is 51.6 Å². The second kappa shape index (κ2) is 8.47. The van der Waals surface area contributed by atoms with Crippen molar-refractivity contribution in [2.75, 3.05) is 34.4 Å². The second-order valence-electron chi connectivity index (χ2n) is 7.55. The van der Waals surface area contributed by atoms with Crippen molar-refractivity contribution in [3.8, 4) is 11.5 Å². The monoisotopic (exact) mass is 416 g/mol. The number of benzene rings is 2. The number of methoxy groups -OCH3 is 1. The van der Waals surface area contributed by atoms with E-state index in [0.29, 0.717) is 23.6 Å². The van der Waals surface area contributed by atoms with Crippen LogP contribution in [0, 0.1) is 0 Å². The smallest absolute Gasteiger partial charge is 0.268 e. The van der Waals surface area contributed by atoms with Gasteiger partial charge >= 0.3 is 0 Å². The van der Waals surface area contributed by atoms with Gasteiger partial charge in [0.15, 0.2) is 0 Å². The lowest BCUT2D eigenvalue weighted by molar-refractivity contribution is 0.258. The maximum atomic E-state index is 13.3. The highest BCUT2D eigenvalue weighted by molar-refractivity contribution is 7.90. The van der Waals surface area contributed by atoms with E-state index in [4.69, 9.17) is 9.47 Å². The van der Waals surface area contributed by atoms with Crippen molar-refractivity contribution < 1.29 is 17.9 Å². The van der Waals surface area contributed by atoms with E-state index < -0.39 is 10.0 Å². The maximum absolute atomic E-state index is 13.3. The van der Waals surface area contributed by atoms with E-state index in [9.17, 15) is 8.42 Å². The molecule has 0 bridgehead atoms. The van der Waals surface area contributed by atoms with Crippen molar-refractivity contribution in [2.45, 2.75) is 24.7 Å². The molecule has 0 saturated heterocycles. The summed E-state index contributed by atoms with van der Waals surface area (Å²) in [6.45, 7) is 5.37. The molecule has 0 fully saturated rings. The Labute approximate surface area is 172 Å². The third-order valence-electron chi connectivity index (χ3n) is 4.82. The zero-order chi connectivity index (χ0) is 21.2. The van der Waals surface area contributed by atoms with Gasteiger partial charge in [0.25, 0.3) is 10.0 Å². The van der Waals surface area contributed by atoms with Crippen molar-refractivity contribution >= 4 is 20.9 Å². The highest BCUT2D eigenvalue weighted by Crippen LogP contribution is 2.31. The largest absolute Gasteiger partial charge is 0.497 e. The minimum absolute atomic E-state index is 0.204. The van der Waals surface area contributed by atoms with E-state index in [2.05, 4.69) is 13.8 Å². The molecule has 0 spiro atoms. The van der Waals surface area contributed by atoms with Crippen LogP contribution in [0.3, 0.4) is 0 Å². The molecule has 0 N–H and O–H groups in total. The number of hydrogen-bond donors (Lipinski definition) is 0. The van der Waals surface area contributed by atoms with E-state index in [0.717, 1.165) is 17.5 Å². The van der Waals surface area contributed by atoms with Crippen LogP contribution in [0.1, 0.15) is 25.3 Å². The lowest BCUT2D eigenvalue weighted by Crippen LogP contribution is -2.20. The third kappa shape index (κ3) is 4.41. The SMILES string of the molecule is COc1ccc2c(ccn2S(=O)(=O)c2ccc(C(C)C)c(OCCN(C)C)c2)c1. The molecule has 0 atom stereocenters. The predicted octanol–water partition coefficient (Wildman–Crippen LogP) is 3.95. The number of fused-ring (bicyclic) bond motifs is 1. The molecule has 1 heterocycles. The van der Waals surface area contributed by atoms with Crippen LogP contribution in [0.5, 0.6) is 11.5 Å². The molecule has 29 heavy (non-hydrogen) atoms. The minimum atomic E-state index is -3.76. The highest BCUT2D eigenvalue weighted by atomic mass is 32.2. The van der Waals surface area contributed by atoms with E-state index in [1.54, 1.807) is 43.6 Å². The Balaban J connectivity index is 2.02. The number of ether oxygens (including phenoxy) is 2. The Morgan fingerprint density at radius 1 is 1.07 bits per heavy atom. The summed E-state index contributed by atoms with van der Waals surface area (Å²) in [6, 6.07) is 12.2. The molecule has 3 rings (SSSR count). The molecular formula is C22H28N2O4S. The van der Waals surface area contributed by atoms with Crippen molar-refractivity contribution in [3.63, 3.8) is 0 Å². The van der Waals surface area contributed by atoms with Gasteiger partial charge in [-0.05, 0) is 55.9 Å². The molecule has 0 aliphatic rings. The van der Waals surface area contributed by atoms with E-state index in [1.165, 1.54) is 3.97 Å². The zero-order valence-electron chi connectivity index (χ0n) is 17.5. The van der Waals surface area contributed by atoms with Crippen molar-refractivity contribution in [2.24, 2.45) is 0 Å². The Kier molecular flexibility index (Phi) is 6.19. The Hall–Kier alpha value is -2.51. The van der Waals surface area contributed by atoms with E-state index >= 15 is 0 Å². The van der Waals surface area contributed by atoms with Gasteiger partial charge in [-0.1, -0.05) is 19.9 Å². The topological polar surface area (TPSA) is 60.8 Å². The van der Waals surface area contributed by atoms with Gasteiger partial charge in [-0.3, -0.25) is 0 Å². The Morgan fingerprint density at radius 3 is 2.48 bits per heavy atom. The Bertz CT molecular complexity index is 1100. The van der Waals surface area contributed by atoms with Crippen LogP contribution in [0.25, 0.3) is 10.9 Å². The molecule has 0 radical (unpaired) electrons. The van der Waals surface area contributed by atoms with Crippen LogP contribution in [0.15, 0.2) is 53.6 Å². The summed E-state index contributed by atoms with van der Waals surface area (Å²) >= 11 is 0. The van der Waals surface area contributed by atoms with Crippen LogP contribution < -0.4 is 9.47 Å². The fourth-order valence-corrected chi connectivity index (χ4v) is 4.53. The van der Waals surface area contributed by atoms with Gasteiger partial charge in [-0.25, -0.2) is 12.4 Å². The number of hydrogen-bond acceptors (Lipinski definition) is 5. The lowest BCUT2D eigenvalue weighted by Gasteiger charge is -2.17. The highest BCUT2D eigenvalue weighted by Gasteiger charge is 2.21. The normalized spacial score (nSPS) is 12.1. The molecule has 3 aromatic rings. The molecule has 2 aromatic carbocycles. The molecule has 0 saturated carbocycles. The molecule has 0 aliphatic heterocycles. The minimum Gasteiger partial charge on any atom is -0.497 e. The summed E-state index contributed by atoms with van der Waals surface area (Å²) in [4.78, 5) is 2.23. The van der Waals surface area contributed by atoms with Gasteiger partial charge in [0, 0.05) is 24.2 Å². The van der Waals surface area contributed by atoms with Gasteiger partial charge in [0.2, 0.25) is 0 Å². The molecule has 6 nitrogen and oxygen atoms in total. The predicted molar refractivity (Wildman–Crippen MR) is 116 cm³/mol. The molecule has 7 heteroatoms. The fraction of sp³-hybridized carbons (Fsp3) is 0.364.